The number of hydrogen-bond acceptors (Lipinski definition) is 7. The average Bonchev–Trinajstić information content (AvgIpc) is 3.03. The van der Waals surface area contributed by atoms with Gasteiger partial charge in [0, 0.05) is 30.4 Å². The normalized spacial score (nSPS) is 10.5. The molecule has 0 spiro atoms. The molecule has 3 aromatic heterocycles. The van der Waals surface area contributed by atoms with Gasteiger partial charge in [-0.15, -0.1) is 11.3 Å². The van der Waals surface area contributed by atoms with E-state index >= 15 is 0 Å². The third-order valence-corrected chi connectivity index (χ3v) is 4.28. The molecule has 0 unspecified atom stereocenters. The number of aromatic nitrogens is 4. The summed E-state index contributed by atoms with van der Waals surface area (Å²) in [7, 11) is 0. The van der Waals surface area contributed by atoms with E-state index in [1.54, 1.807) is 12.3 Å². The first-order valence-corrected chi connectivity index (χ1v) is 8.91. The van der Waals surface area contributed by atoms with E-state index in [0.29, 0.717) is 23.9 Å². The van der Waals surface area contributed by atoms with E-state index in [4.69, 9.17) is 0 Å². The van der Waals surface area contributed by atoms with Crippen LogP contribution in [-0.4, -0.2) is 32.2 Å². The number of hydrogen-bond donors (Lipinski definition) is 2. The van der Waals surface area contributed by atoms with Gasteiger partial charge in [0.15, 0.2) is 5.13 Å². The van der Waals surface area contributed by atoms with Crippen molar-refractivity contribution in [1.29, 1.82) is 0 Å². The monoisotopic (exact) mass is 370 g/mol. The van der Waals surface area contributed by atoms with Crippen LogP contribution in [0.15, 0.2) is 46.8 Å². The van der Waals surface area contributed by atoms with Gasteiger partial charge in [0.25, 0.3) is 5.56 Å². The lowest BCUT2D eigenvalue weighted by molar-refractivity contribution is -0.120. The first-order chi connectivity index (χ1) is 12.6. The molecule has 0 aliphatic carbocycles. The number of nitrogens with one attached hydrogen (secondary N) is 2. The molecule has 0 saturated heterocycles. The van der Waals surface area contributed by atoms with Gasteiger partial charge in [-0.1, -0.05) is 0 Å². The third kappa shape index (κ3) is 4.96. The van der Waals surface area contributed by atoms with Crippen LogP contribution >= 0.6 is 11.3 Å². The van der Waals surface area contributed by atoms with Crippen LogP contribution in [0, 0.1) is 6.92 Å². The fourth-order valence-corrected chi connectivity index (χ4v) is 2.96. The molecule has 3 heterocycles. The standard InChI is InChI=1S/C17H18N6O2S/c1-12-4-6-18-14(9-12)22-17-21-13(11-26-17)10-15(24)19-7-8-23-16(25)3-2-5-20-23/h2-6,9,11H,7-8,10H2,1H3,(H,19,24)(H,18,21,22). The van der Waals surface area contributed by atoms with Gasteiger partial charge in [-0.05, 0) is 30.7 Å². The highest BCUT2D eigenvalue weighted by molar-refractivity contribution is 7.13. The number of nitrogens with zero attached hydrogens (tertiary/aromatic N) is 4. The van der Waals surface area contributed by atoms with Gasteiger partial charge in [-0.3, -0.25) is 9.59 Å². The van der Waals surface area contributed by atoms with Crippen LogP contribution in [0.1, 0.15) is 11.3 Å². The summed E-state index contributed by atoms with van der Waals surface area (Å²) in [6, 6.07) is 6.86. The van der Waals surface area contributed by atoms with Crippen LogP contribution < -0.4 is 16.2 Å². The number of amides is 1. The minimum atomic E-state index is -0.193. The molecule has 0 saturated carbocycles. The van der Waals surface area contributed by atoms with E-state index < -0.39 is 0 Å². The predicted molar refractivity (Wildman–Crippen MR) is 99.6 cm³/mol. The second-order valence-corrected chi connectivity index (χ2v) is 6.46. The van der Waals surface area contributed by atoms with E-state index in [9.17, 15) is 9.59 Å². The number of carbonyl (C=O) groups excluding carboxylic acids is 1. The SMILES string of the molecule is Cc1ccnc(Nc2nc(CC(=O)NCCn3ncccc3=O)cs2)c1. The van der Waals surface area contributed by atoms with Gasteiger partial charge in [-0.2, -0.15) is 5.10 Å². The number of thiazole rings is 1. The van der Waals surface area contributed by atoms with Crippen molar-refractivity contribution in [1.82, 2.24) is 25.1 Å². The summed E-state index contributed by atoms with van der Waals surface area (Å²) in [5, 5.41) is 12.4. The van der Waals surface area contributed by atoms with Crippen molar-refractivity contribution < 1.29 is 4.79 Å². The lowest BCUT2D eigenvalue weighted by Crippen LogP contribution is -2.32. The highest BCUT2D eigenvalue weighted by atomic mass is 32.1. The quantitative estimate of drug-likeness (QED) is 0.654. The Kier molecular flexibility index (Phi) is 5.69. The largest absolute Gasteiger partial charge is 0.354 e. The first-order valence-electron chi connectivity index (χ1n) is 8.03. The molecule has 3 aromatic rings. The van der Waals surface area contributed by atoms with Crippen molar-refractivity contribution in [2.24, 2.45) is 0 Å². The lowest BCUT2D eigenvalue weighted by Gasteiger charge is -2.05. The zero-order valence-corrected chi connectivity index (χ0v) is 15.0. The fourth-order valence-electron chi connectivity index (χ4n) is 2.24. The van der Waals surface area contributed by atoms with E-state index in [-0.39, 0.29) is 17.9 Å². The lowest BCUT2D eigenvalue weighted by atomic mass is 10.3. The molecule has 8 nitrogen and oxygen atoms in total. The summed E-state index contributed by atoms with van der Waals surface area (Å²) in [5.41, 5.74) is 1.59. The first kappa shape index (κ1) is 17.7. The van der Waals surface area contributed by atoms with Crippen molar-refractivity contribution in [3.8, 4) is 0 Å². The molecular weight excluding hydrogens is 352 g/mol. The van der Waals surface area contributed by atoms with Crippen molar-refractivity contribution in [2.75, 3.05) is 11.9 Å². The highest BCUT2D eigenvalue weighted by Crippen LogP contribution is 2.20. The van der Waals surface area contributed by atoms with Crippen molar-refractivity contribution in [3.05, 3.63) is 63.7 Å². The Morgan fingerprint density at radius 3 is 3.00 bits per heavy atom. The van der Waals surface area contributed by atoms with Crippen LogP contribution in [0.2, 0.25) is 0 Å². The summed E-state index contributed by atoms with van der Waals surface area (Å²) < 4.78 is 1.31. The van der Waals surface area contributed by atoms with Gasteiger partial charge < -0.3 is 10.6 Å². The summed E-state index contributed by atoms with van der Waals surface area (Å²) >= 11 is 1.42. The molecule has 0 bridgehead atoms. The maximum absolute atomic E-state index is 12.0. The van der Waals surface area contributed by atoms with Crippen molar-refractivity contribution >= 4 is 28.2 Å². The Balaban J connectivity index is 1.48. The van der Waals surface area contributed by atoms with E-state index in [2.05, 4.69) is 25.7 Å². The Morgan fingerprint density at radius 1 is 1.31 bits per heavy atom. The second kappa shape index (κ2) is 8.34. The minimum absolute atomic E-state index is 0.153. The Bertz CT molecular complexity index is 952. The Morgan fingerprint density at radius 2 is 2.19 bits per heavy atom. The summed E-state index contributed by atoms with van der Waals surface area (Å²) in [5.74, 6) is 0.565. The molecule has 1 amide bonds. The molecule has 0 atom stereocenters. The predicted octanol–water partition coefficient (Wildman–Crippen LogP) is 1.51. The van der Waals surface area contributed by atoms with Crippen LogP contribution in [0.5, 0.6) is 0 Å². The average molecular weight is 370 g/mol. The molecule has 0 aromatic carbocycles. The molecule has 0 aliphatic rings. The Hall–Kier alpha value is -3.07. The minimum Gasteiger partial charge on any atom is -0.354 e. The summed E-state index contributed by atoms with van der Waals surface area (Å²) in [4.78, 5) is 32.2. The van der Waals surface area contributed by atoms with Crippen LogP contribution in [0.25, 0.3) is 0 Å². The third-order valence-electron chi connectivity index (χ3n) is 3.47. The molecular formula is C17H18N6O2S. The number of carbonyl (C=O) groups is 1. The van der Waals surface area contributed by atoms with Crippen LogP contribution in [-0.2, 0) is 17.8 Å². The van der Waals surface area contributed by atoms with Crippen molar-refractivity contribution in [3.63, 3.8) is 0 Å². The zero-order chi connectivity index (χ0) is 18.4. The molecule has 134 valence electrons. The van der Waals surface area contributed by atoms with Gasteiger partial charge in [0.05, 0.1) is 18.7 Å². The topological polar surface area (TPSA) is 102 Å². The molecule has 0 fully saturated rings. The molecule has 0 aliphatic heterocycles. The van der Waals surface area contributed by atoms with E-state index in [1.807, 2.05) is 24.4 Å². The van der Waals surface area contributed by atoms with Crippen molar-refractivity contribution in [2.45, 2.75) is 19.9 Å². The number of pyridine rings is 1. The molecule has 2 N–H and O–H groups in total. The maximum atomic E-state index is 12.0. The summed E-state index contributed by atoms with van der Waals surface area (Å²) in [6.45, 7) is 2.65. The second-order valence-electron chi connectivity index (χ2n) is 5.60. The molecule has 0 radical (unpaired) electrons. The fraction of sp³-hybridized carbons (Fsp3) is 0.235. The van der Waals surface area contributed by atoms with E-state index in [0.717, 1.165) is 11.4 Å². The van der Waals surface area contributed by atoms with E-state index in [1.165, 1.54) is 28.3 Å². The Labute approximate surface area is 153 Å². The zero-order valence-electron chi connectivity index (χ0n) is 14.2. The van der Waals surface area contributed by atoms with Gasteiger partial charge in [0.2, 0.25) is 5.91 Å². The molecule has 26 heavy (non-hydrogen) atoms. The van der Waals surface area contributed by atoms with Gasteiger partial charge in [0.1, 0.15) is 5.82 Å². The number of aryl methyl sites for hydroxylation is 1. The van der Waals surface area contributed by atoms with Crippen LogP contribution in [0.4, 0.5) is 10.9 Å². The summed E-state index contributed by atoms with van der Waals surface area (Å²) in [6.07, 6.45) is 3.44. The molecule has 9 heteroatoms. The van der Waals surface area contributed by atoms with Crippen LogP contribution in [0.3, 0.4) is 0 Å². The molecule has 3 rings (SSSR count). The number of rotatable bonds is 7. The smallest absolute Gasteiger partial charge is 0.266 e. The van der Waals surface area contributed by atoms with Gasteiger partial charge in [-0.25, -0.2) is 14.6 Å². The maximum Gasteiger partial charge on any atom is 0.266 e. The van der Waals surface area contributed by atoms with Gasteiger partial charge >= 0.3 is 0 Å². The number of anilines is 2. The highest BCUT2D eigenvalue weighted by Gasteiger charge is 2.08.